The summed E-state index contributed by atoms with van der Waals surface area (Å²) < 4.78 is 11.1. The molecular weight excluding hydrogens is 471 g/mol. The van der Waals surface area contributed by atoms with Crippen LogP contribution in [0.1, 0.15) is 24.4 Å². The molecule has 8 heteroatoms. The van der Waals surface area contributed by atoms with E-state index >= 15 is 0 Å². The summed E-state index contributed by atoms with van der Waals surface area (Å²) in [5.74, 6) is 1.63. The Balaban J connectivity index is 0.00000392. The molecule has 0 amide bonds. The van der Waals surface area contributed by atoms with Crippen molar-refractivity contribution in [2.75, 3.05) is 61.2 Å². The largest absolute Gasteiger partial charge is 0.496 e. The fraction of sp³-hybridized carbons (Fsp3) is 0.650. The van der Waals surface area contributed by atoms with Crippen molar-refractivity contribution in [2.24, 2.45) is 10.4 Å². The first kappa shape index (κ1) is 24.9. The molecule has 2 rings (SSSR count). The summed E-state index contributed by atoms with van der Waals surface area (Å²) in [6.45, 7) is 3.03. The van der Waals surface area contributed by atoms with Crippen LogP contribution in [0.5, 0.6) is 5.75 Å². The molecule has 0 radical (unpaired) electrons. The zero-order valence-corrected chi connectivity index (χ0v) is 19.7. The number of halogens is 1. The Labute approximate surface area is 185 Å². The van der Waals surface area contributed by atoms with Crippen LogP contribution in [-0.2, 0) is 4.74 Å². The summed E-state index contributed by atoms with van der Waals surface area (Å²) in [5.41, 5.74) is 1.12. The monoisotopic (exact) mass is 506 g/mol. The fourth-order valence-electron chi connectivity index (χ4n) is 3.51. The van der Waals surface area contributed by atoms with Crippen LogP contribution in [0.2, 0.25) is 0 Å². The third-order valence-corrected chi connectivity index (χ3v) is 5.27. The van der Waals surface area contributed by atoms with Crippen molar-refractivity contribution in [2.45, 2.75) is 18.9 Å². The van der Waals surface area contributed by atoms with E-state index in [0.717, 1.165) is 43.3 Å². The lowest BCUT2D eigenvalue weighted by Gasteiger charge is -2.29. The van der Waals surface area contributed by atoms with Gasteiger partial charge in [0.25, 0.3) is 0 Å². The summed E-state index contributed by atoms with van der Waals surface area (Å²) in [5, 5.41) is 16.2. The molecule has 2 atom stereocenters. The Morgan fingerprint density at radius 2 is 2.11 bits per heavy atom. The van der Waals surface area contributed by atoms with Gasteiger partial charge in [-0.25, -0.2) is 0 Å². The molecule has 1 aromatic rings. The Kier molecular flexibility index (Phi) is 11.1. The van der Waals surface area contributed by atoms with Gasteiger partial charge in [0.2, 0.25) is 0 Å². The van der Waals surface area contributed by atoms with E-state index < -0.39 is 0 Å². The van der Waals surface area contributed by atoms with Crippen LogP contribution in [0.25, 0.3) is 0 Å². The van der Waals surface area contributed by atoms with Gasteiger partial charge in [0.1, 0.15) is 5.75 Å². The minimum atomic E-state index is -0.0179. The zero-order valence-electron chi connectivity index (χ0n) is 17.4. The number of benzene rings is 1. The van der Waals surface area contributed by atoms with Crippen molar-refractivity contribution in [3.8, 4) is 5.75 Å². The molecule has 1 saturated heterocycles. The highest BCUT2D eigenvalue weighted by molar-refractivity contribution is 14.0. The van der Waals surface area contributed by atoms with Crippen LogP contribution >= 0.6 is 24.0 Å². The second-order valence-corrected chi connectivity index (χ2v) is 7.30. The van der Waals surface area contributed by atoms with Crippen LogP contribution in [-0.4, -0.2) is 77.1 Å². The van der Waals surface area contributed by atoms with E-state index in [1.165, 1.54) is 0 Å². The highest BCUT2D eigenvalue weighted by Gasteiger charge is 2.34. The fourth-order valence-corrected chi connectivity index (χ4v) is 3.51. The first-order valence-corrected chi connectivity index (χ1v) is 9.47. The lowest BCUT2D eigenvalue weighted by Crippen LogP contribution is -2.46. The Morgan fingerprint density at radius 3 is 2.68 bits per heavy atom. The summed E-state index contributed by atoms with van der Waals surface area (Å²) >= 11 is 0. The van der Waals surface area contributed by atoms with Gasteiger partial charge in [-0.15, -0.1) is 24.0 Å². The Hall–Kier alpha value is -1.10. The quantitative estimate of drug-likeness (QED) is 0.270. The summed E-state index contributed by atoms with van der Waals surface area (Å²) in [4.78, 5) is 6.51. The molecule has 7 nitrogen and oxygen atoms in total. The van der Waals surface area contributed by atoms with Gasteiger partial charge in [-0.3, -0.25) is 4.99 Å². The van der Waals surface area contributed by atoms with Gasteiger partial charge in [-0.2, -0.15) is 0 Å². The third-order valence-electron chi connectivity index (χ3n) is 5.27. The lowest BCUT2D eigenvalue weighted by molar-refractivity contribution is 0.127. The number of aliphatic hydroxyl groups is 1. The van der Waals surface area contributed by atoms with E-state index in [9.17, 15) is 5.11 Å². The molecule has 28 heavy (non-hydrogen) atoms. The van der Waals surface area contributed by atoms with Gasteiger partial charge in [-0.1, -0.05) is 18.2 Å². The number of aliphatic imine (C=N–C) groups is 1. The molecule has 0 aliphatic carbocycles. The average Bonchev–Trinajstić information content (AvgIpc) is 3.13. The van der Waals surface area contributed by atoms with Crippen molar-refractivity contribution in [1.82, 2.24) is 15.5 Å². The Morgan fingerprint density at radius 1 is 1.36 bits per heavy atom. The van der Waals surface area contributed by atoms with Gasteiger partial charge in [0, 0.05) is 44.3 Å². The van der Waals surface area contributed by atoms with Crippen molar-refractivity contribution in [3.05, 3.63) is 29.8 Å². The van der Waals surface area contributed by atoms with Crippen molar-refractivity contribution in [3.63, 3.8) is 0 Å². The average molecular weight is 506 g/mol. The second kappa shape index (κ2) is 12.5. The third kappa shape index (κ3) is 6.75. The second-order valence-electron chi connectivity index (χ2n) is 7.30. The standard InChI is InChI=1S/C20H34N4O3.HI/c1-21-19(23-14-20(9-11-25)10-12-27-15-20)22-13-17(24(2)3)16-7-5-6-8-18(16)26-4;/h5-8,17,25H,9-15H2,1-4H3,(H2,21,22,23);1H. The smallest absolute Gasteiger partial charge is 0.191 e. The van der Waals surface area contributed by atoms with E-state index in [1.54, 1.807) is 14.2 Å². The van der Waals surface area contributed by atoms with E-state index in [-0.39, 0.29) is 42.0 Å². The molecule has 1 fully saturated rings. The van der Waals surface area contributed by atoms with Crippen molar-refractivity contribution >= 4 is 29.9 Å². The molecule has 1 aliphatic heterocycles. The summed E-state index contributed by atoms with van der Waals surface area (Å²) in [6.07, 6.45) is 1.69. The molecule has 0 spiro atoms. The zero-order chi connectivity index (χ0) is 19.7. The maximum Gasteiger partial charge on any atom is 0.191 e. The van der Waals surface area contributed by atoms with E-state index in [4.69, 9.17) is 9.47 Å². The first-order chi connectivity index (χ1) is 13.0. The van der Waals surface area contributed by atoms with E-state index in [1.807, 2.05) is 18.2 Å². The number of aliphatic hydroxyl groups excluding tert-OH is 1. The molecule has 160 valence electrons. The predicted molar refractivity (Wildman–Crippen MR) is 124 cm³/mol. The predicted octanol–water partition coefficient (Wildman–Crippen LogP) is 1.87. The van der Waals surface area contributed by atoms with Crippen molar-refractivity contribution in [1.29, 1.82) is 0 Å². The molecule has 1 heterocycles. The highest BCUT2D eigenvalue weighted by Crippen LogP contribution is 2.31. The number of para-hydroxylation sites is 1. The van der Waals surface area contributed by atoms with Gasteiger partial charge in [0.15, 0.2) is 5.96 Å². The molecular formula is C20H35IN4O3. The molecule has 0 bridgehead atoms. The first-order valence-electron chi connectivity index (χ1n) is 9.47. The number of methoxy groups -OCH3 is 1. The minimum absolute atomic E-state index is 0. The number of hydrogen-bond donors (Lipinski definition) is 3. The summed E-state index contributed by atoms with van der Waals surface area (Å²) in [6, 6.07) is 8.22. The maximum absolute atomic E-state index is 9.38. The van der Waals surface area contributed by atoms with Gasteiger partial charge in [-0.05, 0) is 33.0 Å². The normalized spacial score (nSPS) is 20.6. The van der Waals surface area contributed by atoms with Crippen LogP contribution in [0.15, 0.2) is 29.3 Å². The highest BCUT2D eigenvalue weighted by atomic mass is 127. The summed E-state index contributed by atoms with van der Waals surface area (Å²) in [7, 11) is 7.58. The molecule has 1 aliphatic rings. The van der Waals surface area contributed by atoms with Crippen LogP contribution in [0.3, 0.4) is 0 Å². The van der Waals surface area contributed by atoms with Crippen molar-refractivity contribution < 1.29 is 14.6 Å². The SMILES string of the molecule is CN=C(NCC(c1ccccc1OC)N(C)C)NCC1(CCO)CCOC1.I. The molecule has 0 saturated carbocycles. The Bertz CT molecular complexity index is 607. The molecule has 2 unspecified atom stereocenters. The van der Waals surface area contributed by atoms with Gasteiger partial charge >= 0.3 is 0 Å². The number of nitrogens with one attached hydrogen (secondary N) is 2. The number of hydrogen-bond acceptors (Lipinski definition) is 5. The van der Waals surface area contributed by atoms with Crippen LogP contribution < -0.4 is 15.4 Å². The van der Waals surface area contributed by atoms with E-state index in [0.29, 0.717) is 13.2 Å². The number of nitrogens with zero attached hydrogens (tertiary/aromatic N) is 2. The topological polar surface area (TPSA) is 78.4 Å². The van der Waals surface area contributed by atoms with Gasteiger partial charge < -0.3 is 30.1 Å². The molecule has 0 aromatic heterocycles. The van der Waals surface area contributed by atoms with Crippen LogP contribution in [0, 0.1) is 5.41 Å². The molecule has 3 N–H and O–H groups in total. The lowest BCUT2D eigenvalue weighted by atomic mass is 9.84. The minimum Gasteiger partial charge on any atom is -0.496 e. The molecule has 1 aromatic carbocycles. The van der Waals surface area contributed by atoms with Crippen LogP contribution in [0.4, 0.5) is 0 Å². The number of rotatable bonds is 9. The maximum atomic E-state index is 9.38. The number of likely N-dealkylation sites (N-methyl/N-ethyl adjacent to an activating group) is 1. The number of ether oxygens (including phenoxy) is 2. The van der Waals surface area contributed by atoms with Gasteiger partial charge in [0.05, 0.1) is 19.8 Å². The number of guanidine groups is 1. The van der Waals surface area contributed by atoms with E-state index in [2.05, 4.69) is 40.7 Å².